The highest BCUT2D eigenvalue weighted by Gasteiger charge is 2.35. The smallest absolute Gasteiger partial charge is 0.190 e. The molecule has 0 radical (unpaired) electrons. The number of aromatic nitrogens is 1. The first-order valence-corrected chi connectivity index (χ1v) is 14.2. The van der Waals surface area contributed by atoms with E-state index in [1.54, 1.807) is 11.3 Å². The number of unbranched alkanes of at least 4 members (excludes halogenated alkanes) is 2. The highest BCUT2D eigenvalue weighted by Crippen LogP contribution is 2.33. The van der Waals surface area contributed by atoms with Gasteiger partial charge in [0.2, 0.25) is 0 Å². The van der Waals surface area contributed by atoms with Crippen LogP contribution in [0.1, 0.15) is 56.5 Å². The van der Waals surface area contributed by atoms with Gasteiger partial charge in [-0.15, -0.1) is 11.3 Å². The van der Waals surface area contributed by atoms with Gasteiger partial charge in [-0.1, -0.05) is 49.7 Å². The van der Waals surface area contributed by atoms with Crippen LogP contribution in [0.4, 0.5) is 5.69 Å². The quantitative estimate of drug-likeness (QED) is 0.216. The summed E-state index contributed by atoms with van der Waals surface area (Å²) in [4.78, 5) is 23.0. The Morgan fingerprint density at radius 1 is 1.16 bits per heavy atom. The zero-order valence-corrected chi connectivity index (χ0v) is 23.1. The molecule has 0 bridgehead atoms. The van der Waals surface area contributed by atoms with Crippen molar-refractivity contribution in [1.82, 2.24) is 4.98 Å². The Labute approximate surface area is 228 Å². The topological polar surface area (TPSA) is 96.2 Å². The van der Waals surface area contributed by atoms with E-state index in [1.165, 1.54) is 5.56 Å². The summed E-state index contributed by atoms with van der Waals surface area (Å²) in [6.07, 6.45) is 3.99. The molecule has 0 saturated carbocycles. The van der Waals surface area contributed by atoms with E-state index >= 15 is 0 Å². The molecule has 1 aliphatic heterocycles. The number of hydrazone groups is 1. The third kappa shape index (κ3) is 6.74. The van der Waals surface area contributed by atoms with Crippen LogP contribution < -0.4 is 10.2 Å². The van der Waals surface area contributed by atoms with Gasteiger partial charge in [0, 0.05) is 23.5 Å². The standard InChI is InChI=1S/C30H36N4O3S/c1-4-37-27-12-8-7-11-25(27)33-34-28-21(3)31-18-24(29(28)36)20(2)30-32-26(19-38-30)23-15-13-22(14-16-23)10-6-5-9-17-35/h7-8,11-16,19-20,24,33,35H,4-6,9-10,17-18H2,1-3H3/b34-28+. The van der Waals surface area contributed by atoms with Crippen molar-refractivity contribution in [3.05, 3.63) is 64.5 Å². The molecule has 2 heterocycles. The fourth-order valence-corrected chi connectivity index (χ4v) is 5.44. The minimum absolute atomic E-state index is 0.0197. The lowest BCUT2D eigenvalue weighted by molar-refractivity contribution is -0.116. The van der Waals surface area contributed by atoms with Crippen molar-refractivity contribution < 1.29 is 14.6 Å². The van der Waals surface area contributed by atoms with E-state index in [1.807, 2.05) is 45.0 Å². The number of Topliss-reactive ketones (excluding diaryl/α,β-unsaturated/α-hetero) is 1. The summed E-state index contributed by atoms with van der Waals surface area (Å²) >= 11 is 1.58. The third-order valence-electron chi connectivity index (χ3n) is 6.80. The Balaban J connectivity index is 1.44. The molecule has 7 nitrogen and oxygen atoms in total. The van der Waals surface area contributed by atoms with E-state index in [-0.39, 0.29) is 24.2 Å². The second-order valence-corrected chi connectivity index (χ2v) is 10.4. The summed E-state index contributed by atoms with van der Waals surface area (Å²) in [6, 6.07) is 16.1. The number of nitrogens with one attached hydrogen (secondary N) is 1. The highest BCUT2D eigenvalue weighted by molar-refractivity contribution is 7.10. The first-order chi connectivity index (χ1) is 18.5. The van der Waals surface area contributed by atoms with Gasteiger partial charge in [0.1, 0.15) is 11.5 Å². The van der Waals surface area contributed by atoms with Crippen LogP contribution in [-0.2, 0) is 11.2 Å². The second-order valence-electron chi connectivity index (χ2n) is 9.49. The summed E-state index contributed by atoms with van der Waals surface area (Å²) < 4.78 is 5.66. The molecule has 8 heteroatoms. The average Bonchev–Trinajstić information content (AvgIpc) is 3.43. The van der Waals surface area contributed by atoms with Gasteiger partial charge in [-0.3, -0.25) is 15.2 Å². The van der Waals surface area contributed by atoms with Gasteiger partial charge in [-0.05, 0) is 50.8 Å². The van der Waals surface area contributed by atoms with E-state index in [9.17, 15) is 4.79 Å². The molecule has 2 atom stereocenters. The molecule has 200 valence electrons. The van der Waals surface area contributed by atoms with Gasteiger partial charge >= 0.3 is 0 Å². The lowest BCUT2D eigenvalue weighted by Gasteiger charge is -2.24. The average molecular weight is 533 g/mol. The largest absolute Gasteiger partial charge is 0.492 e. The fourth-order valence-electron chi connectivity index (χ4n) is 4.49. The van der Waals surface area contributed by atoms with Crippen molar-refractivity contribution in [2.24, 2.45) is 16.0 Å². The molecular weight excluding hydrogens is 496 g/mol. The molecule has 0 spiro atoms. The van der Waals surface area contributed by atoms with Gasteiger partial charge < -0.3 is 9.84 Å². The van der Waals surface area contributed by atoms with E-state index in [4.69, 9.17) is 14.8 Å². The zero-order valence-electron chi connectivity index (χ0n) is 22.3. The summed E-state index contributed by atoms with van der Waals surface area (Å²) in [7, 11) is 0. The third-order valence-corrected chi connectivity index (χ3v) is 7.85. The lowest BCUT2D eigenvalue weighted by Crippen LogP contribution is -2.38. The number of rotatable bonds is 12. The SMILES string of the molecule is CCOc1ccccc1N/N=C1/C(=O)C(C(C)c2nc(-c3ccc(CCCCCO)cc3)cs2)CN=C1C. The van der Waals surface area contributed by atoms with E-state index in [0.717, 1.165) is 41.9 Å². The first-order valence-electron chi connectivity index (χ1n) is 13.3. The summed E-state index contributed by atoms with van der Waals surface area (Å²) in [5.74, 6) is 0.271. The van der Waals surface area contributed by atoms with Crippen molar-refractivity contribution in [2.75, 3.05) is 25.2 Å². The Kier molecular flexibility index (Phi) is 9.79. The van der Waals surface area contributed by atoms with Crippen LogP contribution in [0, 0.1) is 5.92 Å². The van der Waals surface area contributed by atoms with Gasteiger partial charge in [-0.2, -0.15) is 5.10 Å². The number of ether oxygens (including phenoxy) is 1. The van der Waals surface area contributed by atoms with Crippen molar-refractivity contribution in [3.63, 3.8) is 0 Å². The molecule has 0 aliphatic carbocycles. The number of aliphatic hydroxyl groups is 1. The maximum absolute atomic E-state index is 13.5. The molecule has 2 N–H and O–H groups in total. The van der Waals surface area contributed by atoms with Gasteiger partial charge in [0.25, 0.3) is 0 Å². The van der Waals surface area contributed by atoms with Gasteiger partial charge in [0.15, 0.2) is 5.78 Å². The molecular formula is C30H36N4O3S. The Morgan fingerprint density at radius 2 is 1.95 bits per heavy atom. The minimum Gasteiger partial charge on any atom is -0.492 e. The number of hydrogen-bond donors (Lipinski definition) is 2. The number of aliphatic hydroxyl groups excluding tert-OH is 1. The Bertz CT molecular complexity index is 1280. The fraction of sp³-hybridized carbons (Fsp3) is 0.400. The van der Waals surface area contributed by atoms with Crippen molar-refractivity contribution in [1.29, 1.82) is 0 Å². The summed E-state index contributed by atoms with van der Waals surface area (Å²) in [6.45, 7) is 7.03. The van der Waals surface area contributed by atoms with Gasteiger partial charge in [-0.25, -0.2) is 4.98 Å². The van der Waals surface area contributed by atoms with Crippen molar-refractivity contribution >= 4 is 34.2 Å². The summed E-state index contributed by atoms with van der Waals surface area (Å²) in [5.41, 5.74) is 8.00. The number of carbonyl (C=O) groups excluding carboxylic acids is 1. The van der Waals surface area contributed by atoms with Crippen LogP contribution in [0.25, 0.3) is 11.3 Å². The van der Waals surface area contributed by atoms with Crippen LogP contribution >= 0.6 is 11.3 Å². The number of benzene rings is 2. The van der Waals surface area contributed by atoms with Crippen molar-refractivity contribution in [3.8, 4) is 17.0 Å². The van der Waals surface area contributed by atoms with Crippen LogP contribution in [0.3, 0.4) is 0 Å². The number of nitrogens with zero attached hydrogens (tertiary/aromatic N) is 3. The Morgan fingerprint density at radius 3 is 2.71 bits per heavy atom. The zero-order chi connectivity index (χ0) is 26.9. The van der Waals surface area contributed by atoms with Crippen LogP contribution in [0.5, 0.6) is 5.75 Å². The Hall–Kier alpha value is -3.36. The normalized spacial score (nSPS) is 17.4. The molecule has 2 unspecified atom stereocenters. The van der Waals surface area contributed by atoms with Crippen molar-refractivity contribution in [2.45, 2.75) is 52.4 Å². The number of thiazole rings is 1. The number of anilines is 1. The maximum Gasteiger partial charge on any atom is 0.190 e. The molecule has 38 heavy (non-hydrogen) atoms. The van der Waals surface area contributed by atoms with Gasteiger partial charge in [0.05, 0.1) is 41.2 Å². The predicted octanol–water partition coefficient (Wildman–Crippen LogP) is 6.15. The van der Waals surface area contributed by atoms with E-state index < -0.39 is 0 Å². The molecule has 4 rings (SSSR count). The predicted molar refractivity (Wildman–Crippen MR) is 156 cm³/mol. The van der Waals surface area contributed by atoms with E-state index in [0.29, 0.717) is 36.0 Å². The molecule has 0 fully saturated rings. The molecule has 2 aromatic carbocycles. The lowest BCUT2D eigenvalue weighted by atomic mass is 9.85. The second kappa shape index (κ2) is 13.4. The maximum atomic E-state index is 13.5. The number of aliphatic imine (C=N–C) groups is 1. The number of hydrogen-bond acceptors (Lipinski definition) is 8. The molecule has 1 aromatic heterocycles. The minimum atomic E-state index is -0.318. The monoisotopic (exact) mass is 532 g/mol. The van der Waals surface area contributed by atoms with E-state index in [2.05, 4.69) is 45.2 Å². The van der Waals surface area contributed by atoms with Crippen LogP contribution in [-0.4, -0.2) is 47.1 Å². The molecule has 1 aliphatic rings. The number of carbonyl (C=O) groups is 1. The number of ketones is 1. The molecule has 0 amide bonds. The van der Waals surface area contributed by atoms with Crippen LogP contribution in [0.2, 0.25) is 0 Å². The molecule has 0 saturated heterocycles. The van der Waals surface area contributed by atoms with Crippen LogP contribution in [0.15, 0.2) is 64.0 Å². The number of aryl methyl sites for hydroxylation is 1. The summed E-state index contributed by atoms with van der Waals surface area (Å²) in [5, 5.41) is 16.4. The highest BCUT2D eigenvalue weighted by atomic mass is 32.1. The first kappa shape index (κ1) is 27.7. The number of para-hydroxylation sites is 2. The molecule has 3 aromatic rings.